The van der Waals surface area contributed by atoms with Crippen LogP contribution in [0.2, 0.25) is 0 Å². The van der Waals surface area contributed by atoms with Crippen molar-refractivity contribution >= 4 is 21.6 Å². The maximum Gasteiger partial charge on any atom is 0.262 e. The van der Waals surface area contributed by atoms with E-state index in [1.807, 2.05) is 41.8 Å². The van der Waals surface area contributed by atoms with E-state index in [-0.39, 0.29) is 18.0 Å². The van der Waals surface area contributed by atoms with Crippen molar-refractivity contribution in [2.45, 2.75) is 19.4 Å². The second kappa shape index (κ2) is 7.08. The van der Waals surface area contributed by atoms with Crippen molar-refractivity contribution in [3.05, 3.63) is 52.4 Å². The van der Waals surface area contributed by atoms with Crippen molar-refractivity contribution in [1.82, 2.24) is 9.55 Å². The summed E-state index contributed by atoms with van der Waals surface area (Å²) in [5, 5.41) is 20.4. The fourth-order valence-corrected chi connectivity index (χ4v) is 3.51. The normalized spacial score (nSPS) is 11.8. The van der Waals surface area contributed by atoms with Crippen LogP contribution in [0, 0.1) is 28.6 Å². The maximum atomic E-state index is 12.9. The van der Waals surface area contributed by atoms with Gasteiger partial charge in [0, 0.05) is 23.9 Å². The fraction of sp³-hybridized carbons (Fsp3) is 0.222. The minimum atomic E-state index is -0.375. The highest BCUT2D eigenvalue weighted by atomic mass is 32.1. The van der Waals surface area contributed by atoms with Crippen LogP contribution >= 0.6 is 11.3 Å². The monoisotopic (exact) mass is 334 g/mol. The van der Waals surface area contributed by atoms with Crippen LogP contribution in [0.5, 0.6) is 0 Å². The van der Waals surface area contributed by atoms with Crippen molar-refractivity contribution in [3.8, 4) is 23.3 Å². The lowest BCUT2D eigenvalue weighted by Gasteiger charge is -2.10. The van der Waals surface area contributed by atoms with Gasteiger partial charge in [-0.2, -0.15) is 10.5 Å². The Hall–Kier alpha value is -2.96. The summed E-state index contributed by atoms with van der Waals surface area (Å²) < 4.78 is 1.48. The molecule has 0 bridgehead atoms. The van der Waals surface area contributed by atoms with Crippen LogP contribution in [0.1, 0.15) is 12.8 Å². The molecule has 24 heavy (non-hydrogen) atoms. The predicted octanol–water partition coefficient (Wildman–Crippen LogP) is 3.57. The summed E-state index contributed by atoms with van der Waals surface area (Å²) in [6.45, 7) is 0.254. The molecule has 0 fully saturated rings. The van der Waals surface area contributed by atoms with Crippen molar-refractivity contribution in [2.24, 2.45) is 5.92 Å². The smallest absolute Gasteiger partial charge is 0.262 e. The van der Waals surface area contributed by atoms with Crippen LogP contribution < -0.4 is 5.56 Å². The lowest BCUT2D eigenvalue weighted by molar-refractivity contribution is 0.499. The van der Waals surface area contributed by atoms with E-state index in [4.69, 9.17) is 5.26 Å². The van der Waals surface area contributed by atoms with Crippen LogP contribution in [-0.2, 0) is 6.54 Å². The van der Waals surface area contributed by atoms with Gasteiger partial charge in [-0.15, -0.1) is 11.3 Å². The summed E-state index contributed by atoms with van der Waals surface area (Å²) in [4.78, 5) is 17.9. The SMILES string of the molecule is N#CCC[C@@H](C#N)Cn1cnc2scc(-c3ccccc3)c2c1=O. The summed E-state index contributed by atoms with van der Waals surface area (Å²) in [6.07, 6.45) is 2.25. The molecule has 2 heterocycles. The topological polar surface area (TPSA) is 82.5 Å². The van der Waals surface area contributed by atoms with Crippen LogP contribution in [-0.4, -0.2) is 9.55 Å². The summed E-state index contributed by atoms with van der Waals surface area (Å²) in [5.41, 5.74) is 1.70. The first-order chi connectivity index (χ1) is 11.7. The number of hydrogen-bond donors (Lipinski definition) is 0. The number of thiophene rings is 1. The molecule has 0 spiro atoms. The molecule has 0 aliphatic rings. The Morgan fingerprint density at radius 1 is 1.25 bits per heavy atom. The maximum absolute atomic E-state index is 12.9. The molecule has 2 aromatic heterocycles. The van der Waals surface area contributed by atoms with E-state index in [1.165, 1.54) is 22.2 Å². The number of rotatable bonds is 5. The third-order valence-corrected chi connectivity index (χ3v) is 4.74. The van der Waals surface area contributed by atoms with Crippen molar-refractivity contribution in [3.63, 3.8) is 0 Å². The summed E-state index contributed by atoms with van der Waals surface area (Å²) in [5.74, 6) is -0.375. The van der Waals surface area contributed by atoms with Crippen LogP contribution in [0.3, 0.4) is 0 Å². The molecule has 0 saturated carbocycles. The van der Waals surface area contributed by atoms with Crippen molar-refractivity contribution < 1.29 is 0 Å². The lowest BCUT2D eigenvalue weighted by atomic mass is 10.1. The zero-order chi connectivity index (χ0) is 16.9. The number of nitrogens with zero attached hydrogens (tertiary/aromatic N) is 4. The van der Waals surface area contributed by atoms with E-state index in [2.05, 4.69) is 11.1 Å². The molecule has 1 aromatic carbocycles. The number of fused-ring (bicyclic) bond motifs is 1. The number of aromatic nitrogens is 2. The molecule has 0 N–H and O–H groups in total. The minimum absolute atomic E-state index is 0.141. The third-order valence-electron chi connectivity index (χ3n) is 3.85. The van der Waals surface area contributed by atoms with E-state index in [0.717, 1.165) is 11.1 Å². The van der Waals surface area contributed by atoms with Gasteiger partial charge in [0.25, 0.3) is 5.56 Å². The number of benzene rings is 1. The number of hydrogen-bond acceptors (Lipinski definition) is 5. The van der Waals surface area contributed by atoms with Gasteiger partial charge in [-0.1, -0.05) is 30.3 Å². The van der Waals surface area contributed by atoms with Crippen LogP contribution in [0.15, 0.2) is 46.8 Å². The Labute approximate surface area is 143 Å². The third kappa shape index (κ3) is 3.05. The molecule has 3 aromatic rings. The molecular formula is C18H14N4OS. The lowest BCUT2D eigenvalue weighted by Crippen LogP contribution is -2.24. The van der Waals surface area contributed by atoms with Crippen molar-refractivity contribution in [2.75, 3.05) is 0 Å². The van der Waals surface area contributed by atoms with E-state index < -0.39 is 0 Å². The zero-order valence-electron chi connectivity index (χ0n) is 12.8. The molecule has 5 nitrogen and oxygen atoms in total. The molecule has 0 aliphatic carbocycles. The first-order valence-electron chi connectivity index (χ1n) is 7.53. The average Bonchev–Trinajstić information content (AvgIpc) is 3.06. The Bertz CT molecular complexity index is 992. The first kappa shape index (κ1) is 15.9. The van der Waals surface area contributed by atoms with Gasteiger partial charge in [0.2, 0.25) is 0 Å². The first-order valence-corrected chi connectivity index (χ1v) is 8.41. The highest BCUT2D eigenvalue weighted by Crippen LogP contribution is 2.30. The van der Waals surface area contributed by atoms with E-state index in [1.54, 1.807) is 0 Å². The van der Waals surface area contributed by atoms with Gasteiger partial charge in [-0.25, -0.2) is 4.98 Å². The standard InChI is InChI=1S/C18H14N4OS/c19-8-4-5-13(9-20)10-22-12-21-17-16(18(22)23)15(11-24-17)14-6-2-1-3-7-14/h1-3,6-7,11-13H,4-5,10H2/t13-/m0/s1. The quantitative estimate of drug-likeness (QED) is 0.714. The Morgan fingerprint density at radius 2 is 2.04 bits per heavy atom. The highest BCUT2D eigenvalue weighted by Gasteiger charge is 2.15. The van der Waals surface area contributed by atoms with Gasteiger partial charge < -0.3 is 0 Å². The molecule has 118 valence electrons. The molecule has 0 radical (unpaired) electrons. The second-order valence-electron chi connectivity index (χ2n) is 5.42. The molecule has 0 unspecified atom stereocenters. The van der Waals surface area contributed by atoms with Gasteiger partial charge in [0.1, 0.15) is 4.83 Å². The van der Waals surface area contributed by atoms with Crippen LogP contribution in [0.25, 0.3) is 21.3 Å². The molecule has 0 amide bonds. The van der Waals surface area contributed by atoms with Crippen molar-refractivity contribution in [1.29, 1.82) is 10.5 Å². The van der Waals surface area contributed by atoms with Gasteiger partial charge >= 0.3 is 0 Å². The molecular weight excluding hydrogens is 320 g/mol. The molecule has 0 aliphatic heterocycles. The Balaban J connectivity index is 2.03. The summed E-state index contributed by atoms with van der Waals surface area (Å²) in [6, 6.07) is 13.9. The van der Waals surface area contributed by atoms with E-state index >= 15 is 0 Å². The Kier molecular flexibility index (Phi) is 4.69. The molecule has 6 heteroatoms. The van der Waals surface area contributed by atoms with Gasteiger partial charge in [-0.3, -0.25) is 9.36 Å². The molecule has 3 rings (SSSR count). The average molecular weight is 334 g/mol. The van der Waals surface area contributed by atoms with Gasteiger partial charge in [0.15, 0.2) is 0 Å². The minimum Gasteiger partial charge on any atom is -0.297 e. The second-order valence-corrected chi connectivity index (χ2v) is 6.28. The largest absolute Gasteiger partial charge is 0.297 e. The predicted molar refractivity (Wildman–Crippen MR) is 93.3 cm³/mol. The van der Waals surface area contributed by atoms with Crippen LogP contribution in [0.4, 0.5) is 0 Å². The van der Waals surface area contributed by atoms with Gasteiger partial charge in [0.05, 0.1) is 29.8 Å². The summed E-state index contributed by atoms with van der Waals surface area (Å²) >= 11 is 1.44. The molecule has 1 atom stereocenters. The van der Waals surface area contributed by atoms with E-state index in [9.17, 15) is 10.1 Å². The molecule has 0 saturated heterocycles. The van der Waals surface area contributed by atoms with E-state index in [0.29, 0.717) is 23.1 Å². The van der Waals surface area contributed by atoms with Gasteiger partial charge in [-0.05, 0) is 12.0 Å². The Morgan fingerprint density at radius 3 is 2.75 bits per heavy atom. The summed E-state index contributed by atoms with van der Waals surface area (Å²) in [7, 11) is 0. The number of nitriles is 2. The highest BCUT2D eigenvalue weighted by molar-refractivity contribution is 7.17. The zero-order valence-corrected chi connectivity index (χ0v) is 13.7. The fourth-order valence-electron chi connectivity index (χ4n) is 2.60.